The molecule has 1 aromatic rings. The summed E-state index contributed by atoms with van der Waals surface area (Å²) in [4.78, 5) is 1.48. The highest BCUT2D eigenvalue weighted by atomic mass is 32.2. The molecule has 1 aromatic carbocycles. The van der Waals surface area contributed by atoms with Crippen LogP contribution in [-0.2, 0) is 11.2 Å². The Morgan fingerprint density at radius 3 is 3.06 bits per heavy atom. The van der Waals surface area contributed by atoms with E-state index in [9.17, 15) is 0 Å². The molecule has 3 atom stereocenters. The van der Waals surface area contributed by atoms with Crippen molar-refractivity contribution in [3.8, 4) is 0 Å². The van der Waals surface area contributed by atoms with Gasteiger partial charge in [0.1, 0.15) is 0 Å². The normalized spacial score (nSPS) is 28.3. The van der Waals surface area contributed by atoms with E-state index in [0.717, 1.165) is 19.8 Å². The van der Waals surface area contributed by atoms with Gasteiger partial charge < -0.3 is 10.1 Å². The van der Waals surface area contributed by atoms with Crippen molar-refractivity contribution in [1.29, 1.82) is 0 Å². The maximum absolute atomic E-state index is 5.57. The molecule has 3 heteroatoms. The zero-order valence-electron chi connectivity index (χ0n) is 10.9. The van der Waals surface area contributed by atoms with E-state index in [0.29, 0.717) is 17.2 Å². The molecule has 0 spiro atoms. The quantitative estimate of drug-likeness (QED) is 0.902. The van der Waals surface area contributed by atoms with Crippen LogP contribution in [-0.4, -0.2) is 31.1 Å². The fourth-order valence-electron chi connectivity index (χ4n) is 3.08. The number of ether oxygens (including phenoxy) is 1. The van der Waals surface area contributed by atoms with Crippen LogP contribution in [0.4, 0.5) is 0 Å². The van der Waals surface area contributed by atoms with Gasteiger partial charge in [0, 0.05) is 28.7 Å². The van der Waals surface area contributed by atoms with E-state index in [-0.39, 0.29) is 0 Å². The van der Waals surface area contributed by atoms with E-state index in [1.807, 2.05) is 0 Å². The second-order valence-corrected chi connectivity index (χ2v) is 6.46. The summed E-state index contributed by atoms with van der Waals surface area (Å²) >= 11 is 2.05. The van der Waals surface area contributed by atoms with Gasteiger partial charge in [0.15, 0.2) is 0 Å². The zero-order chi connectivity index (χ0) is 12.4. The molecule has 1 saturated heterocycles. The van der Waals surface area contributed by atoms with Crippen molar-refractivity contribution in [2.24, 2.45) is 5.92 Å². The molecule has 1 N–H and O–H groups in total. The third-order valence-electron chi connectivity index (χ3n) is 3.99. The highest BCUT2D eigenvalue weighted by Gasteiger charge is 2.35. The number of nitrogens with one attached hydrogen (secondary N) is 1. The molecular formula is C15H21NOS. The van der Waals surface area contributed by atoms with E-state index < -0.39 is 0 Å². The van der Waals surface area contributed by atoms with Crippen molar-refractivity contribution in [1.82, 2.24) is 5.32 Å². The first-order chi connectivity index (χ1) is 8.88. The van der Waals surface area contributed by atoms with Crippen LogP contribution in [0.2, 0.25) is 0 Å². The lowest BCUT2D eigenvalue weighted by atomic mass is 9.93. The standard InChI is InChI=1S/C15H21NOS/c1-2-16-15(12-7-8-17-10-12)14-9-11-5-3-4-6-13(11)18-14/h3-6,12,14-16H,2,7-10H2,1H3. The third-order valence-corrected chi connectivity index (χ3v) is 5.40. The summed E-state index contributed by atoms with van der Waals surface area (Å²) in [5.41, 5.74) is 1.52. The first-order valence-electron chi connectivity index (χ1n) is 6.94. The maximum atomic E-state index is 5.57. The highest BCUT2D eigenvalue weighted by Crippen LogP contribution is 2.40. The zero-order valence-corrected chi connectivity index (χ0v) is 11.7. The van der Waals surface area contributed by atoms with E-state index in [1.54, 1.807) is 0 Å². The highest BCUT2D eigenvalue weighted by molar-refractivity contribution is 8.00. The Labute approximate surface area is 113 Å². The molecule has 0 aliphatic carbocycles. The number of benzene rings is 1. The molecule has 3 rings (SSSR count). The van der Waals surface area contributed by atoms with Crippen molar-refractivity contribution < 1.29 is 4.74 Å². The predicted octanol–water partition coefficient (Wildman–Crippen LogP) is 2.72. The maximum Gasteiger partial charge on any atom is 0.0510 e. The van der Waals surface area contributed by atoms with Crippen molar-refractivity contribution >= 4 is 11.8 Å². The average Bonchev–Trinajstić information content (AvgIpc) is 3.04. The van der Waals surface area contributed by atoms with Gasteiger partial charge >= 0.3 is 0 Å². The largest absolute Gasteiger partial charge is 0.381 e. The van der Waals surface area contributed by atoms with Crippen LogP contribution in [0.25, 0.3) is 0 Å². The molecule has 0 saturated carbocycles. The fraction of sp³-hybridized carbons (Fsp3) is 0.600. The van der Waals surface area contributed by atoms with Gasteiger partial charge in [-0.1, -0.05) is 25.1 Å². The lowest BCUT2D eigenvalue weighted by Gasteiger charge is -2.28. The number of rotatable bonds is 4. The molecule has 18 heavy (non-hydrogen) atoms. The van der Waals surface area contributed by atoms with Gasteiger partial charge in [-0.15, -0.1) is 11.8 Å². The topological polar surface area (TPSA) is 21.3 Å². The minimum absolute atomic E-state index is 0.592. The molecule has 2 aliphatic rings. The lowest BCUT2D eigenvalue weighted by molar-refractivity contribution is 0.176. The molecule has 0 aromatic heterocycles. The van der Waals surface area contributed by atoms with Crippen molar-refractivity contribution in [3.63, 3.8) is 0 Å². The van der Waals surface area contributed by atoms with Crippen LogP contribution < -0.4 is 5.32 Å². The molecular weight excluding hydrogens is 242 g/mol. The van der Waals surface area contributed by atoms with Gasteiger partial charge in [-0.05, 0) is 31.0 Å². The molecule has 0 bridgehead atoms. The Morgan fingerprint density at radius 2 is 2.33 bits per heavy atom. The molecule has 0 radical (unpaired) electrons. The third kappa shape index (κ3) is 2.44. The monoisotopic (exact) mass is 263 g/mol. The first-order valence-corrected chi connectivity index (χ1v) is 7.82. The minimum atomic E-state index is 0.592. The van der Waals surface area contributed by atoms with Gasteiger partial charge in [-0.3, -0.25) is 0 Å². The smallest absolute Gasteiger partial charge is 0.0510 e. The number of thioether (sulfide) groups is 1. The number of fused-ring (bicyclic) bond motifs is 1. The van der Waals surface area contributed by atoms with E-state index >= 15 is 0 Å². The van der Waals surface area contributed by atoms with Crippen LogP contribution in [0.1, 0.15) is 18.9 Å². The Hall–Kier alpha value is -0.510. The molecule has 0 amide bonds. The first kappa shape index (κ1) is 12.5. The average molecular weight is 263 g/mol. The second kappa shape index (κ2) is 5.64. The lowest BCUT2D eigenvalue weighted by Crippen LogP contribution is -2.44. The van der Waals surface area contributed by atoms with Gasteiger partial charge in [0.05, 0.1) is 6.61 Å². The van der Waals surface area contributed by atoms with Crippen LogP contribution >= 0.6 is 11.8 Å². The number of hydrogen-bond donors (Lipinski definition) is 1. The summed E-state index contributed by atoms with van der Waals surface area (Å²) in [6.07, 6.45) is 2.42. The fourth-order valence-corrected chi connectivity index (χ4v) is 4.60. The van der Waals surface area contributed by atoms with Crippen molar-refractivity contribution in [2.75, 3.05) is 19.8 Å². The Morgan fingerprint density at radius 1 is 1.44 bits per heavy atom. The molecule has 1 fully saturated rings. The summed E-state index contributed by atoms with van der Waals surface area (Å²) < 4.78 is 5.57. The Bertz CT molecular complexity index is 378. The molecule has 2 aliphatic heterocycles. The molecule has 2 heterocycles. The second-order valence-electron chi connectivity index (χ2n) is 5.18. The van der Waals surface area contributed by atoms with Gasteiger partial charge in [-0.2, -0.15) is 0 Å². The van der Waals surface area contributed by atoms with Crippen LogP contribution in [0.5, 0.6) is 0 Å². The van der Waals surface area contributed by atoms with E-state index in [1.165, 1.54) is 23.3 Å². The summed E-state index contributed by atoms with van der Waals surface area (Å²) in [7, 11) is 0. The molecule has 3 unspecified atom stereocenters. The summed E-state index contributed by atoms with van der Waals surface area (Å²) in [6, 6.07) is 9.43. The van der Waals surface area contributed by atoms with Gasteiger partial charge in [0.2, 0.25) is 0 Å². The number of hydrogen-bond acceptors (Lipinski definition) is 3. The summed E-state index contributed by atoms with van der Waals surface area (Å²) in [5.74, 6) is 0.691. The van der Waals surface area contributed by atoms with Crippen LogP contribution in [0.3, 0.4) is 0 Å². The van der Waals surface area contributed by atoms with Crippen LogP contribution in [0.15, 0.2) is 29.2 Å². The van der Waals surface area contributed by atoms with Gasteiger partial charge in [0.25, 0.3) is 0 Å². The Balaban J connectivity index is 1.73. The van der Waals surface area contributed by atoms with Crippen molar-refractivity contribution in [2.45, 2.75) is 36.0 Å². The van der Waals surface area contributed by atoms with Crippen LogP contribution in [0, 0.1) is 5.92 Å². The van der Waals surface area contributed by atoms with E-state index in [2.05, 4.69) is 48.3 Å². The van der Waals surface area contributed by atoms with E-state index in [4.69, 9.17) is 4.74 Å². The molecule has 98 valence electrons. The minimum Gasteiger partial charge on any atom is -0.381 e. The van der Waals surface area contributed by atoms with Crippen molar-refractivity contribution in [3.05, 3.63) is 29.8 Å². The van der Waals surface area contributed by atoms with Gasteiger partial charge in [-0.25, -0.2) is 0 Å². The Kier molecular flexibility index (Phi) is 3.92. The SMILES string of the molecule is CCNC(C1CCOC1)C1Cc2ccccc2S1. The predicted molar refractivity (Wildman–Crippen MR) is 76.2 cm³/mol. The summed E-state index contributed by atoms with van der Waals surface area (Å²) in [6.45, 7) is 5.13. The summed E-state index contributed by atoms with van der Waals surface area (Å²) in [5, 5.41) is 4.38. The molecule has 2 nitrogen and oxygen atoms in total.